The van der Waals surface area contributed by atoms with Crippen molar-refractivity contribution in [2.45, 2.75) is 25.3 Å². The van der Waals surface area contributed by atoms with Crippen molar-refractivity contribution in [1.82, 2.24) is 19.7 Å². The molecule has 5 rings (SSSR count). The van der Waals surface area contributed by atoms with Gasteiger partial charge in [0.05, 0.1) is 21.8 Å². The van der Waals surface area contributed by atoms with Gasteiger partial charge >= 0.3 is 17.8 Å². The van der Waals surface area contributed by atoms with Crippen LogP contribution in [0.15, 0.2) is 41.8 Å². The number of benzene rings is 1. The fourth-order valence-corrected chi connectivity index (χ4v) is 5.88. The second-order valence-electron chi connectivity index (χ2n) is 7.84. The van der Waals surface area contributed by atoms with Crippen LogP contribution in [0.1, 0.15) is 28.6 Å². The molecule has 2 aliphatic rings. The summed E-state index contributed by atoms with van der Waals surface area (Å²) >= 11 is 3.03. The summed E-state index contributed by atoms with van der Waals surface area (Å²) < 4.78 is 1.11. The number of urea groups is 1. The van der Waals surface area contributed by atoms with Gasteiger partial charge in [-0.3, -0.25) is 19.3 Å². The predicted molar refractivity (Wildman–Crippen MR) is 120 cm³/mol. The second kappa shape index (κ2) is 8.44. The summed E-state index contributed by atoms with van der Waals surface area (Å²) in [6.07, 6.45) is 1.75. The minimum absolute atomic E-state index is 0.0369. The standard InChI is InChI=1S/C22H20N4O4S2/c27-18(13-26-21(29)20(28)25(22(26)30)12-15-6-4-10-31-15)24-9-3-5-14(11-24)19-23-16-7-1-2-8-17(16)32-19/h1-2,4,6-8,10,14H,3,5,9,11-13H2/t14-/m1/s1. The molecule has 10 heteroatoms. The molecule has 3 aromatic rings. The number of rotatable bonds is 5. The Morgan fingerprint density at radius 1 is 1.06 bits per heavy atom. The normalized spacial score (nSPS) is 19.4. The molecule has 0 bridgehead atoms. The maximum absolute atomic E-state index is 13.0. The molecule has 0 N–H and O–H groups in total. The van der Waals surface area contributed by atoms with Crippen molar-refractivity contribution in [3.63, 3.8) is 0 Å². The first-order valence-corrected chi connectivity index (χ1v) is 12.0. The van der Waals surface area contributed by atoms with Crippen LogP contribution in [0.25, 0.3) is 10.2 Å². The third-order valence-electron chi connectivity index (χ3n) is 5.76. The number of hydrogen-bond donors (Lipinski definition) is 0. The quantitative estimate of drug-likeness (QED) is 0.424. The van der Waals surface area contributed by atoms with Gasteiger partial charge in [-0.2, -0.15) is 0 Å². The van der Waals surface area contributed by atoms with Crippen molar-refractivity contribution < 1.29 is 19.2 Å². The van der Waals surface area contributed by atoms with Crippen LogP contribution in [0.2, 0.25) is 0 Å². The van der Waals surface area contributed by atoms with E-state index in [2.05, 4.69) is 0 Å². The summed E-state index contributed by atoms with van der Waals surface area (Å²) in [5.74, 6) is -2.04. The lowest BCUT2D eigenvalue weighted by Gasteiger charge is -2.32. The van der Waals surface area contributed by atoms with Crippen LogP contribution in [-0.4, -0.2) is 63.1 Å². The highest BCUT2D eigenvalue weighted by Gasteiger charge is 2.45. The van der Waals surface area contributed by atoms with E-state index in [1.165, 1.54) is 11.3 Å². The summed E-state index contributed by atoms with van der Waals surface area (Å²) in [5.41, 5.74) is 0.952. The topological polar surface area (TPSA) is 90.9 Å². The van der Waals surface area contributed by atoms with Crippen LogP contribution in [0.4, 0.5) is 4.79 Å². The second-order valence-corrected chi connectivity index (χ2v) is 9.94. The van der Waals surface area contributed by atoms with Gasteiger partial charge < -0.3 is 4.90 Å². The molecule has 164 valence electrons. The summed E-state index contributed by atoms with van der Waals surface area (Å²) in [6, 6.07) is 10.8. The third kappa shape index (κ3) is 3.80. The van der Waals surface area contributed by atoms with Crippen LogP contribution in [0.5, 0.6) is 0 Å². The zero-order valence-corrected chi connectivity index (χ0v) is 18.7. The minimum atomic E-state index is -0.945. The lowest BCUT2D eigenvalue weighted by atomic mass is 9.98. The zero-order valence-electron chi connectivity index (χ0n) is 17.1. The lowest BCUT2D eigenvalue weighted by Crippen LogP contribution is -2.46. The first kappa shape index (κ1) is 20.8. The molecule has 0 spiro atoms. The smallest absolute Gasteiger partial charge is 0.335 e. The molecule has 1 atom stereocenters. The monoisotopic (exact) mass is 468 g/mol. The number of carbonyl (C=O) groups is 4. The van der Waals surface area contributed by atoms with Gasteiger partial charge in [-0.1, -0.05) is 18.2 Å². The Morgan fingerprint density at radius 3 is 2.66 bits per heavy atom. The van der Waals surface area contributed by atoms with Crippen molar-refractivity contribution in [2.24, 2.45) is 0 Å². The van der Waals surface area contributed by atoms with Gasteiger partial charge in [0.1, 0.15) is 6.54 Å². The maximum atomic E-state index is 13.0. The Morgan fingerprint density at radius 2 is 1.88 bits per heavy atom. The fourth-order valence-electron chi connectivity index (χ4n) is 4.09. The summed E-state index contributed by atoms with van der Waals surface area (Å²) in [4.78, 5) is 59.2. The molecule has 5 amide bonds. The molecule has 2 saturated heterocycles. The highest BCUT2D eigenvalue weighted by Crippen LogP contribution is 2.33. The average Bonchev–Trinajstić information content (AvgIpc) is 3.52. The Hall–Kier alpha value is -3.11. The maximum Gasteiger partial charge on any atom is 0.335 e. The van der Waals surface area contributed by atoms with Gasteiger partial charge in [-0.15, -0.1) is 22.7 Å². The van der Waals surface area contributed by atoms with E-state index in [-0.39, 0.29) is 18.4 Å². The van der Waals surface area contributed by atoms with E-state index in [1.807, 2.05) is 35.7 Å². The SMILES string of the molecule is O=C(CN1C(=O)C(=O)N(Cc2cccs2)C1=O)N1CCC[C@@H](c2nc3ccccc3s2)C1. The predicted octanol–water partition coefficient (Wildman–Crippen LogP) is 3.05. The number of para-hydroxylation sites is 1. The van der Waals surface area contributed by atoms with Gasteiger partial charge in [-0.05, 0) is 36.4 Å². The van der Waals surface area contributed by atoms with Crippen LogP contribution in [-0.2, 0) is 20.9 Å². The number of carbonyl (C=O) groups excluding carboxylic acids is 4. The highest BCUT2D eigenvalue weighted by molar-refractivity contribution is 7.18. The van der Waals surface area contributed by atoms with E-state index in [0.717, 1.165) is 42.7 Å². The molecule has 0 radical (unpaired) electrons. The number of thiazole rings is 1. The van der Waals surface area contributed by atoms with Crippen LogP contribution in [0.3, 0.4) is 0 Å². The zero-order chi connectivity index (χ0) is 22.2. The van der Waals surface area contributed by atoms with Crippen molar-refractivity contribution in [3.05, 3.63) is 51.7 Å². The lowest BCUT2D eigenvalue weighted by molar-refractivity contribution is -0.145. The van der Waals surface area contributed by atoms with Crippen LogP contribution < -0.4 is 0 Å². The van der Waals surface area contributed by atoms with Gasteiger partial charge in [0, 0.05) is 23.9 Å². The molecule has 2 aliphatic heterocycles. The number of nitrogens with zero attached hydrogens (tertiary/aromatic N) is 4. The van der Waals surface area contributed by atoms with E-state index in [9.17, 15) is 19.2 Å². The first-order chi connectivity index (χ1) is 15.5. The van der Waals surface area contributed by atoms with E-state index in [4.69, 9.17) is 4.98 Å². The number of aromatic nitrogens is 1. The van der Waals surface area contributed by atoms with Crippen LogP contribution in [0, 0.1) is 0 Å². The summed E-state index contributed by atoms with van der Waals surface area (Å²) in [7, 11) is 0. The molecule has 1 aromatic carbocycles. The molecule has 2 fully saturated rings. The van der Waals surface area contributed by atoms with Crippen molar-refractivity contribution >= 4 is 56.6 Å². The fraction of sp³-hybridized carbons (Fsp3) is 0.318. The van der Waals surface area contributed by atoms with E-state index >= 15 is 0 Å². The first-order valence-electron chi connectivity index (χ1n) is 10.3. The molecular weight excluding hydrogens is 448 g/mol. The molecule has 8 nitrogen and oxygen atoms in total. The molecular formula is C22H20N4O4S2. The largest absolute Gasteiger partial charge is 0.340 e. The highest BCUT2D eigenvalue weighted by atomic mass is 32.1. The summed E-state index contributed by atoms with van der Waals surface area (Å²) in [6.45, 7) is 0.664. The van der Waals surface area contributed by atoms with Gasteiger partial charge in [0.2, 0.25) is 5.91 Å². The third-order valence-corrected chi connectivity index (χ3v) is 7.82. The van der Waals surface area contributed by atoms with Crippen molar-refractivity contribution in [1.29, 1.82) is 0 Å². The average molecular weight is 469 g/mol. The van der Waals surface area contributed by atoms with Crippen molar-refractivity contribution in [2.75, 3.05) is 19.6 Å². The molecule has 32 heavy (non-hydrogen) atoms. The Kier molecular flexibility index (Phi) is 5.48. The molecule has 0 unspecified atom stereocenters. The number of likely N-dealkylation sites (tertiary alicyclic amines) is 1. The number of piperidine rings is 1. The van der Waals surface area contributed by atoms with Crippen molar-refractivity contribution in [3.8, 4) is 0 Å². The Balaban J connectivity index is 1.26. The number of amides is 5. The van der Waals surface area contributed by atoms with Crippen LogP contribution >= 0.6 is 22.7 Å². The number of fused-ring (bicyclic) bond motifs is 1. The summed E-state index contributed by atoms with van der Waals surface area (Å²) in [5, 5.41) is 2.83. The van der Waals surface area contributed by atoms with Gasteiger partial charge in [-0.25, -0.2) is 14.7 Å². The number of hydrogen-bond acceptors (Lipinski definition) is 7. The van der Waals surface area contributed by atoms with E-state index in [0.29, 0.717) is 13.1 Å². The van der Waals surface area contributed by atoms with E-state index < -0.39 is 24.4 Å². The minimum Gasteiger partial charge on any atom is -0.340 e. The van der Waals surface area contributed by atoms with E-state index in [1.54, 1.807) is 22.3 Å². The molecule has 0 saturated carbocycles. The molecule has 4 heterocycles. The number of thiophene rings is 1. The molecule has 2 aromatic heterocycles. The van der Waals surface area contributed by atoms with Gasteiger partial charge in [0.15, 0.2) is 0 Å². The Labute approximate surface area is 192 Å². The Bertz CT molecular complexity index is 1170. The van der Waals surface area contributed by atoms with Gasteiger partial charge in [0.25, 0.3) is 0 Å². The number of imide groups is 2. The molecule has 0 aliphatic carbocycles.